The molecule has 186 valence electrons. The van der Waals surface area contributed by atoms with Gasteiger partial charge in [-0.05, 0) is 57.8 Å². The molecule has 0 aliphatic carbocycles. The number of rotatable bonds is 18. The molecule has 0 saturated carbocycles. The molecule has 4 atom stereocenters. The minimum atomic E-state index is -0.971. The number of amides is 1. The number of carboxylic acid groups (broad SMARTS) is 1. The van der Waals surface area contributed by atoms with E-state index >= 15 is 0 Å². The van der Waals surface area contributed by atoms with Gasteiger partial charge in [-0.25, -0.2) is 0 Å². The lowest BCUT2D eigenvalue weighted by molar-refractivity contribution is -0.142. The average Bonchev–Trinajstić information content (AvgIpc) is 2.80. The van der Waals surface area contributed by atoms with E-state index in [4.69, 9.17) is 0 Å². The largest absolute Gasteiger partial charge is 0.481 e. The van der Waals surface area contributed by atoms with Gasteiger partial charge in [0.1, 0.15) is 6.29 Å². The van der Waals surface area contributed by atoms with E-state index in [1.165, 1.54) is 0 Å². The highest BCUT2D eigenvalue weighted by Gasteiger charge is 2.28. The average molecular weight is 464 g/mol. The summed E-state index contributed by atoms with van der Waals surface area (Å²) in [7, 11) is 0. The van der Waals surface area contributed by atoms with Crippen molar-refractivity contribution in [1.82, 2.24) is 15.5 Å². The van der Waals surface area contributed by atoms with Crippen molar-refractivity contribution >= 4 is 18.2 Å². The third kappa shape index (κ3) is 11.4. The number of carboxylic acids is 1. The summed E-state index contributed by atoms with van der Waals surface area (Å²) in [5.74, 6) is -1.85. The monoisotopic (exact) mass is 463 g/mol. The van der Waals surface area contributed by atoms with E-state index in [1.807, 2.05) is 44.2 Å². The molecule has 0 aliphatic rings. The van der Waals surface area contributed by atoms with Gasteiger partial charge < -0.3 is 25.6 Å². The summed E-state index contributed by atoms with van der Waals surface area (Å²) in [6, 6.07) is 8.61. The standard InChI is InChI=1S/C25H41N3O5/c1-4-28(15-10-6-9-13-26-14-16-29)20(3)24(31)27-22(18-21-11-7-5-8-12-21)23(30)17-19(2)25(32)33/h5,7-8,11-12,16,19-20,22-23,26,30H,4,6,9-10,13-15,17-18H2,1-3H3,(H,27,31)(H,32,33)/t19-,20+,22+,23+/m1/s1. The number of likely N-dealkylation sites (N-methyl/N-ethyl adjacent to an activating group) is 1. The highest BCUT2D eigenvalue weighted by molar-refractivity contribution is 5.81. The molecule has 0 radical (unpaired) electrons. The molecule has 0 fully saturated rings. The predicted octanol–water partition coefficient (Wildman–Crippen LogP) is 1.85. The van der Waals surface area contributed by atoms with Crippen LogP contribution in [0.5, 0.6) is 0 Å². The maximum Gasteiger partial charge on any atom is 0.306 e. The van der Waals surface area contributed by atoms with Crippen LogP contribution in [0.1, 0.15) is 52.0 Å². The second-order valence-corrected chi connectivity index (χ2v) is 8.58. The normalized spacial score (nSPS) is 14.9. The molecular weight excluding hydrogens is 422 g/mol. The van der Waals surface area contributed by atoms with Crippen LogP contribution in [0.4, 0.5) is 0 Å². The number of nitrogens with zero attached hydrogens (tertiary/aromatic N) is 1. The van der Waals surface area contributed by atoms with Gasteiger partial charge in [-0.15, -0.1) is 0 Å². The van der Waals surface area contributed by atoms with Crippen LogP contribution in [-0.4, -0.2) is 77.6 Å². The molecule has 8 nitrogen and oxygen atoms in total. The molecule has 1 rings (SSSR count). The summed E-state index contributed by atoms with van der Waals surface area (Å²) in [4.78, 5) is 36.7. The fourth-order valence-electron chi connectivity index (χ4n) is 3.78. The number of hydrogen-bond donors (Lipinski definition) is 4. The summed E-state index contributed by atoms with van der Waals surface area (Å²) >= 11 is 0. The van der Waals surface area contributed by atoms with Crippen LogP contribution in [0, 0.1) is 5.92 Å². The topological polar surface area (TPSA) is 119 Å². The third-order valence-corrected chi connectivity index (χ3v) is 5.97. The Hall–Kier alpha value is -2.29. The maximum atomic E-state index is 13.1. The molecule has 0 saturated heterocycles. The SMILES string of the molecule is CCN(CCCCCNCC=O)[C@@H](C)C(=O)N[C@@H](Cc1ccccc1)[C@@H](O)C[C@@H](C)C(=O)O. The van der Waals surface area contributed by atoms with Crippen molar-refractivity contribution in [2.75, 3.05) is 26.2 Å². The first-order chi connectivity index (χ1) is 15.8. The van der Waals surface area contributed by atoms with Crippen LogP contribution in [0.25, 0.3) is 0 Å². The number of unbranched alkanes of at least 4 members (excludes halogenated alkanes) is 2. The Balaban J connectivity index is 2.69. The summed E-state index contributed by atoms with van der Waals surface area (Å²) in [6.07, 6.45) is 3.28. The molecule has 33 heavy (non-hydrogen) atoms. The Morgan fingerprint density at radius 2 is 1.82 bits per heavy atom. The minimum absolute atomic E-state index is 0.0666. The highest BCUT2D eigenvalue weighted by atomic mass is 16.4. The fraction of sp³-hybridized carbons (Fsp3) is 0.640. The molecule has 1 aromatic rings. The summed E-state index contributed by atoms with van der Waals surface area (Å²) in [5, 5.41) is 26.0. The zero-order valence-electron chi connectivity index (χ0n) is 20.2. The molecule has 0 aliphatic heterocycles. The Morgan fingerprint density at radius 1 is 1.12 bits per heavy atom. The zero-order valence-corrected chi connectivity index (χ0v) is 20.2. The lowest BCUT2D eigenvalue weighted by Gasteiger charge is -2.31. The Bertz CT molecular complexity index is 701. The highest BCUT2D eigenvalue weighted by Crippen LogP contribution is 2.15. The van der Waals surface area contributed by atoms with E-state index in [-0.39, 0.29) is 18.4 Å². The van der Waals surface area contributed by atoms with Gasteiger partial charge >= 0.3 is 5.97 Å². The second-order valence-electron chi connectivity index (χ2n) is 8.58. The number of aliphatic hydroxyl groups excluding tert-OH is 1. The quantitative estimate of drug-likeness (QED) is 0.194. The van der Waals surface area contributed by atoms with Crippen LogP contribution in [-0.2, 0) is 20.8 Å². The molecule has 4 N–H and O–H groups in total. The minimum Gasteiger partial charge on any atom is -0.481 e. The Labute approximate surface area is 197 Å². The van der Waals surface area contributed by atoms with Crippen LogP contribution in [0.2, 0.25) is 0 Å². The van der Waals surface area contributed by atoms with Crippen molar-refractivity contribution in [3.8, 4) is 0 Å². The molecule has 0 unspecified atom stereocenters. The molecule has 1 amide bonds. The second kappa shape index (κ2) is 16.3. The predicted molar refractivity (Wildman–Crippen MR) is 129 cm³/mol. The van der Waals surface area contributed by atoms with Crippen molar-refractivity contribution in [2.45, 2.75) is 71.1 Å². The fourth-order valence-corrected chi connectivity index (χ4v) is 3.78. The van der Waals surface area contributed by atoms with E-state index in [0.29, 0.717) is 13.0 Å². The van der Waals surface area contributed by atoms with Crippen molar-refractivity contribution in [3.63, 3.8) is 0 Å². The molecule has 8 heteroatoms. The molecule has 0 spiro atoms. The number of carbonyl (C=O) groups is 3. The molecule has 1 aromatic carbocycles. The Morgan fingerprint density at radius 3 is 2.42 bits per heavy atom. The first kappa shape index (κ1) is 28.7. The van der Waals surface area contributed by atoms with Crippen LogP contribution in [0.15, 0.2) is 30.3 Å². The Kier molecular flexibility index (Phi) is 14.2. The van der Waals surface area contributed by atoms with Crippen molar-refractivity contribution in [3.05, 3.63) is 35.9 Å². The van der Waals surface area contributed by atoms with Gasteiger partial charge in [-0.2, -0.15) is 0 Å². The van der Waals surface area contributed by atoms with Crippen molar-refractivity contribution < 1.29 is 24.6 Å². The molecule has 0 aromatic heterocycles. The van der Waals surface area contributed by atoms with Gasteiger partial charge in [0.15, 0.2) is 0 Å². The van der Waals surface area contributed by atoms with E-state index in [1.54, 1.807) is 6.92 Å². The number of aliphatic carboxylic acids is 1. The van der Waals surface area contributed by atoms with Crippen molar-refractivity contribution in [1.29, 1.82) is 0 Å². The third-order valence-electron chi connectivity index (χ3n) is 5.97. The number of hydrogen-bond acceptors (Lipinski definition) is 6. The summed E-state index contributed by atoms with van der Waals surface area (Å²) < 4.78 is 0. The van der Waals surface area contributed by atoms with Gasteiger partial charge in [0.2, 0.25) is 5.91 Å². The first-order valence-corrected chi connectivity index (χ1v) is 11.9. The van der Waals surface area contributed by atoms with Gasteiger partial charge in [-0.3, -0.25) is 14.5 Å². The smallest absolute Gasteiger partial charge is 0.306 e. The number of aldehydes is 1. The van der Waals surface area contributed by atoms with E-state index in [9.17, 15) is 24.6 Å². The lowest BCUT2D eigenvalue weighted by Crippen LogP contribution is -2.52. The molecular formula is C25H41N3O5. The van der Waals surface area contributed by atoms with E-state index < -0.39 is 24.0 Å². The van der Waals surface area contributed by atoms with E-state index in [0.717, 1.165) is 50.7 Å². The number of nitrogens with one attached hydrogen (secondary N) is 2. The first-order valence-electron chi connectivity index (χ1n) is 11.9. The summed E-state index contributed by atoms with van der Waals surface area (Å²) in [5.41, 5.74) is 0.966. The number of aliphatic hydroxyl groups is 1. The van der Waals surface area contributed by atoms with Crippen molar-refractivity contribution in [2.24, 2.45) is 5.92 Å². The van der Waals surface area contributed by atoms with Gasteiger partial charge in [-0.1, -0.05) is 50.6 Å². The van der Waals surface area contributed by atoms with Crippen LogP contribution in [0.3, 0.4) is 0 Å². The van der Waals surface area contributed by atoms with Gasteiger partial charge in [0.25, 0.3) is 0 Å². The maximum absolute atomic E-state index is 13.1. The zero-order chi connectivity index (χ0) is 24.6. The molecule has 0 bridgehead atoms. The lowest BCUT2D eigenvalue weighted by atomic mass is 9.94. The number of benzene rings is 1. The summed E-state index contributed by atoms with van der Waals surface area (Å²) in [6.45, 7) is 8.11. The molecule has 0 heterocycles. The van der Waals surface area contributed by atoms with Gasteiger partial charge in [0.05, 0.1) is 30.7 Å². The van der Waals surface area contributed by atoms with Gasteiger partial charge in [0, 0.05) is 0 Å². The van der Waals surface area contributed by atoms with Crippen LogP contribution < -0.4 is 10.6 Å². The van der Waals surface area contributed by atoms with Crippen LogP contribution >= 0.6 is 0 Å². The van der Waals surface area contributed by atoms with E-state index in [2.05, 4.69) is 15.5 Å². The number of carbonyl (C=O) groups excluding carboxylic acids is 2.